The molecule has 1 aromatic rings. The zero-order valence-electron chi connectivity index (χ0n) is 8.08. The fraction of sp³-hybridized carbons (Fsp3) is 0.750. The van der Waals surface area contributed by atoms with E-state index in [1.165, 1.54) is 24.4 Å². The lowest BCUT2D eigenvalue weighted by molar-refractivity contribution is 0.499. The summed E-state index contributed by atoms with van der Waals surface area (Å²) in [5, 5.41) is 3.97. The maximum absolute atomic E-state index is 5.47. The third-order valence-electron chi connectivity index (χ3n) is 2.05. The van der Waals surface area contributed by atoms with Gasteiger partial charge in [-0.05, 0) is 24.9 Å². The molecule has 0 aliphatic rings. The second-order valence-electron chi connectivity index (χ2n) is 3.08. The average molecular weight is 200 g/mol. The Morgan fingerprint density at radius 2 is 2.38 bits per heavy atom. The molecule has 74 valence electrons. The van der Waals surface area contributed by atoms with Gasteiger partial charge in [-0.1, -0.05) is 24.3 Å². The summed E-state index contributed by atoms with van der Waals surface area (Å²) in [5.74, 6) is 5.47. The largest absolute Gasteiger partial charge is 0.271 e. The van der Waals surface area contributed by atoms with Crippen molar-refractivity contribution in [3.63, 3.8) is 0 Å². The van der Waals surface area contributed by atoms with Gasteiger partial charge in [0.25, 0.3) is 0 Å². The Morgan fingerprint density at radius 1 is 1.62 bits per heavy atom. The van der Waals surface area contributed by atoms with E-state index >= 15 is 0 Å². The summed E-state index contributed by atoms with van der Waals surface area (Å²) in [6.45, 7) is 4.14. The smallest absolute Gasteiger partial charge is 0.0773 e. The van der Waals surface area contributed by atoms with E-state index in [1.807, 2.05) is 6.92 Å². The molecule has 0 aromatic carbocycles. The third kappa shape index (κ3) is 2.72. The number of hydrazine groups is 1. The molecule has 0 saturated carbocycles. The van der Waals surface area contributed by atoms with Crippen LogP contribution in [0.25, 0.3) is 0 Å². The second-order valence-corrected chi connectivity index (χ2v) is 3.87. The molecule has 1 aromatic heterocycles. The molecule has 5 heteroatoms. The Balaban J connectivity index is 2.61. The van der Waals surface area contributed by atoms with E-state index in [1.54, 1.807) is 0 Å². The molecule has 1 heterocycles. The lowest BCUT2D eigenvalue weighted by atomic mass is 10.1. The van der Waals surface area contributed by atoms with Gasteiger partial charge in [-0.2, -0.15) is 0 Å². The molecular formula is C8H16N4S. The van der Waals surface area contributed by atoms with Crippen LogP contribution in [0.2, 0.25) is 0 Å². The standard InChI is InChI=1S/C8H16N4S/c1-3-4-5-7(10-9)8-6(2)11-12-13-8/h7,10H,3-5,9H2,1-2H3. The molecule has 0 fully saturated rings. The van der Waals surface area contributed by atoms with Crippen LogP contribution >= 0.6 is 11.5 Å². The van der Waals surface area contributed by atoms with Crippen molar-refractivity contribution in [2.24, 2.45) is 5.84 Å². The maximum atomic E-state index is 5.47. The van der Waals surface area contributed by atoms with Crippen LogP contribution in [0.1, 0.15) is 42.8 Å². The summed E-state index contributed by atoms with van der Waals surface area (Å²) in [4.78, 5) is 1.16. The Hall–Kier alpha value is -0.520. The summed E-state index contributed by atoms with van der Waals surface area (Å²) in [6, 6.07) is 0.222. The molecule has 0 aliphatic heterocycles. The van der Waals surface area contributed by atoms with E-state index in [0.717, 1.165) is 17.0 Å². The Labute approximate surface area is 82.7 Å². The predicted octanol–water partition coefficient (Wildman–Crippen LogP) is 1.54. The van der Waals surface area contributed by atoms with Gasteiger partial charge in [-0.15, -0.1) is 5.10 Å². The molecule has 0 aliphatic carbocycles. The highest BCUT2D eigenvalue weighted by molar-refractivity contribution is 7.05. The number of aromatic nitrogens is 2. The van der Waals surface area contributed by atoms with E-state index in [-0.39, 0.29) is 6.04 Å². The van der Waals surface area contributed by atoms with Gasteiger partial charge in [-0.3, -0.25) is 11.3 Å². The lowest BCUT2D eigenvalue weighted by Crippen LogP contribution is -2.27. The van der Waals surface area contributed by atoms with Crippen LogP contribution in [0.15, 0.2) is 0 Å². The van der Waals surface area contributed by atoms with Gasteiger partial charge in [0.1, 0.15) is 0 Å². The molecule has 1 rings (SSSR count). The van der Waals surface area contributed by atoms with Gasteiger partial charge < -0.3 is 0 Å². The van der Waals surface area contributed by atoms with Crippen LogP contribution in [-0.2, 0) is 0 Å². The molecule has 0 spiro atoms. The molecule has 1 unspecified atom stereocenters. The number of hydrogen-bond acceptors (Lipinski definition) is 5. The number of aryl methyl sites for hydroxylation is 1. The normalized spacial score (nSPS) is 13.2. The van der Waals surface area contributed by atoms with Crippen LogP contribution in [0.3, 0.4) is 0 Å². The van der Waals surface area contributed by atoms with Crippen molar-refractivity contribution >= 4 is 11.5 Å². The summed E-state index contributed by atoms with van der Waals surface area (Å²) < 4.78 is 3.89. The van der Waals surface area contributed by atoms with E-state index < -0.39 is 0 Å². The highest BCUT2D eigenvalue weighted by atomic mass is 32.1. The molecule has 0 bridgehead atoms. The van der Waals surface area contributed by atoms with Gasteiger partial charge >= 0.3 is 0 Å². The average Bonchev–Trinajstić information content (AvgIpc) is 2.54. The highest BCUT2D eigenvalue weighted by Crippen LogP contribution is 2.23. The van der Waals surface area contributed by atoms with E-state index in [9.17, 15) is 0 Å². The monoisotopic (exact) mass is 200 g/mol. The summed E-state index contributed by atoms with van der Waals surface area (Å²) in [5.41, 5.74) is 3.80. The van der Waals surface area contributed by atoms with Crippen LogP contribution in [0.5, 0.6) is 0 Å². The molecule has 0 saturated heterocycles. The molecule has 1 atom stereocenters. The Kier molecular flexibility index (Phi) is 4.27. The zero-order chi connectivity index (χ0) is 9.68. The first kappa shape index (κ1) is 10.6. The van der Waals surface area contributed by atoms with Crippen LogP contribution in [-0.4, -0.2) is 9.59 Å². The first-order valence-corrected chi connectivity index (χ1v) is 5.32. The fourth-order valence-corrected chi connectivity index (χ4v) is 1.99. The van der Waals surface area contributed by atoms with Crippen molar-refractivity contribution in [1.29, 1.82) is 0 Å². The summed E-state index contributed by atoms with van der Waals surface area (Å²) in [7, 11) is 0. The first-order valence-electron chi connectivity index (χ1n) is 4.54. The van der Waals surface area contributed by atoms with E-state index in [4.69, 9.17) is 5.84 Å². The SMILES string of the molecule is CCCCC(NN)c1snnc1C. The van der Waals surface area contributed by atoms with Crippen molar-refractivity contribution in [2.75, 3.05) is 0 Å². The first-order chi connectivity index (χ1) is 6.29. The Bertz CT molecular complexity index is 248. The second kappa shape index (κ2) is 5.26. The van der Waals surface area contributed by atoms with Crippen molar-refractivity contribution in [1.82, 2.24) is 15.0 Å². The predicted molar refractivity (Wildman–Crippen MR) is 54.2 cm³/mol. The van der Waals surface area contributed by atoms with E-state index in [0.29, 0.717) is 0 Å². The zero-order valence-corrected chi connectivity index (χ0v) is 8.90. The molecular weight excluding hydrogens is 184 g/mol. The number of nitrogens with two attached hydrogens (primary N) is 1. The minimum Gasteiger partial charge on any atom is -0.271 e. The number of rotatable bonds is 5. The minimum absolute atomic E-state index is 0.222. The summed E-state index contributed by atoms with van der Waals surface area (Å²) in [6.07, 6.45) is 3.41. The number of nitrogens with zero attached hydrogens (tertiary/aromatic N) is 2. The van der Waals surface area contributed by atoms with Crippen LogP contribution < -0.4 is 11.3 Å². The fourth-order valence-electron chi connectivity index (χ4n) is 1.26. The quantitative estimate of drug-likeness (QED) is 0.559. The molecule has 0 radical (unpaired) electrons. The van der Waals surface area contributed by atoms with Crippen molar-refractivity contribution in [3.05, 3.63) is 10.6 Å². The molecule has 3 N–H and O–H groups in total. The molecule has 4 nitrogen and oxygen atoms in total. The van der Waals surface area contributed by atoms with Gasteiger partial charge in [0.05, 0.1) is 16.6 Å². The molecule has 0 amide bonds. The number of hydrogen-bond donors (Lipinski definition) is 2. The highest BCUT2D eigenvalue weighted by Gasteiger charge is 2.14. The van der Waals surface area contributed by atoms with E-state index in [2.05, 4.69) is 21.9 Å². The van der Waals surface area contributed by atoms with Gasteiger partial charge in [0.2, 0.25) is 0 Å². The minimum atomic E-state index is 0.222. The third-order valence-corrected chi connectivity index (χ3v) is 2.99. The van der Waals surface area contributed by atoms with Crippen molar-refractivity contribution < 1.29 is 0 Å². The Morgan fingerprint density at radius 3 is 2.85 bits per heavy atom. The van der Waals surface area contributed by atoms with Gasteiger partial charge in [0.15, 0.2) is 0 Å². The van der Waals surface area contributed by atoms with Crippen LogP contribution in [0.4, 0.5) is 0 Å². The number of unbranched alkanes of at least 4 members (excludes halogenated alkanes) is 1. The van der Waals surface area contributed by atoms with Crippen LogP contribution in [0, 0.1) is 6.92 Å². The maximum Gasteiger partial charge on any atom is 0.0773 e. The van der Waals surface area contributed by atoms with Gasteiger partial charge in [0, 0.05) is 0 Å². The van der Waals surface area contributed by atoms with Crippen molar-refractivity contribution in [3.8, 4) is 0 Å². The number of nitrogens with one attached hydrogen (secondary N) is 1. The van der Waals surface area contributed by atoms with Crippen molar-refractivity contribution in [2.45, 2.75) is 39.2 Å². The van der Waals surface area contributed by atoms with Gasteiger partial charge in [-0.25, -0.2) is 0 Å². The summed E-state index contributed by atoms with van der Waals surface area (Å²) >= 11 is 1.43. The lowest BCUT2D eigenvalue weighted by Gasteiger charge is -2.12. The molecule has 13 heavy (non-hydrogen) atoms. The topological polar surface area (TPSA) is 63.8 Å².